The fraction of sp³-hybridized carbons (Fsp3) is 0.382. The van der Waals surface area contributed by atoms with E-state index in [0.717, 1.165) is 61.7 Å². The number of pyridine rings is 1. The number of hydrogen-bond donors (Lipinski definition) is 3. The van der Waals surface area contributed by atoms with Crippen molar-refractivity contribution in [3.05, 3.63) is 82.1 Å². The molecule has 1 amide bonds. The van der Waals surface area contributed by atoms with Crippen molar-refractivity contribution in [3.8, 4) is 5.88 Å². The van der Waals surface area contributed by atoms with Gasteiger partial charge in [-0.25, -0.2) is 18.9 Å². The molecule has 4 aromatic heterocycles. The molecule has 3 N–H and O–H groups in total. The number of aromatic nitrogens is 5. The van der Waals surface area contributed by atoms with Crippen LogP contribution in [-0.4, -0.2) is 62.9 Å². The molecule has 1 spiro atoms. The van der Waals surface area contributed by atoms with Crippen molar-refractivity contribution in [3.63, 3.8) is 0 Å². The molecule has 49 heavy (non-hydrogen) atoms. The van der Waals surface area contributed by atoms with E-state index < -0.39 is 33.9 Å². The highest BCUT2D eigenvalue weighted by Gasteiger charge is 2.46. The Hall–Kier alpha value is -3.98. The van der Waals surface area contributed by atoms with Crippen molar-refractivity contribution >= 4 is 63.2 Å². The zero-order chi connectivity index (χ0) is 34.5. The lowest BCUT2D eigenvalue weighted by Gasteiger charge is -2.44. The summed E-state index contributed by atoms with van der Waals surface area (Å²) < 4.78 is 19.3. The molecule has 2 atom stereocenters. The molecule has 256 valence electrons. The number of anilines is 2. The van der Waals surface area contributed by atoms with Crippen LogP contribution in [0.2, 0.25) is 5.02 Å². The number of rotatable bonds is 7. The molecule has 0 radical (unpaired) electrons. The Labute approximate surface area is 294 Å². The molecule has 7 rings (SSSR count). The minimum absolute atomic E-state index is 0.135. The summed E-state index contributed by atoms with van der Waals surface area (Å²) in [6.07, 6.45) is 12.2. The Morgan fingerprint density at radius 2 is 1.86 bits per heavy atom. The second-order valence-corrected chi connectivity index (χ2v) is 17.0. The standard InChI is InChI=1S/C34H37ClN8O4S2/c1-33(2,3)49(47)40-24-10-7-12-34(24)13-17-41(18-14-34)32-37-20-23(28-36-15-19-43(28)32)48-22-9-6-8-21(27(22)35)38-29(44)26-30(45)39-25-11-4-5-16-42(25)31(26)46/h4-6,8-9,11,15-16,19-20,24,40,45H,7,10,12-14,17-18H2,1-3H3,(H,38,44)/t24-,49+/m1/s1. The highest BCUT2D eigenvalue weighted by atomic mass is 35.5. The number of imidazole rings is 1. The summed E-state index contributed by atoms with van der Waals surface area (Å²) in [6.45, 7) is 7.70. The smallest absolute Gasteiger partial charge is 0.274 e. The fourth-order valence-corrected chi connectivity index (χ4v) is 9.03. The first-order valence-corrected chi connectivity index (χ1v) is 18.5. The van der Waals surface area contributed by atoms with E-state index in [1.54, 1.807) is 42.7 Å². The predicted molar refractivity (Wildman–Crippen MR) is 192 cm³/mol. The third-order valence-corrected chi connectivity index (χ3v) is 12.7. The second kappa shape index (κ2) is 13.0. The van der Waals surface area contributed by atoms with Gasteiger partial charge in [-0.15, -0.1) is 0 Å². The predicted octanol–water partition coefficient (Wildman–Crippen LogP) is 5.69. The number of nitrogens with one attached hydrogen (secondary N) is 2. The Bertz CT molecular complexity index is 2160. The largest absolute Gasteiger partial charge is 0.493 e. The number of hydrogen-bond acceptors (Lipinski definition) is 9. The molecule has 1 aliphatic carbocycles. The molecule has 1 saturated carbocycles. The van der Waals surface area contributed by atoms with E-state index in [-0.39, 0.29) is 32.6 Å². The van der Waals surface area contributed by atoms with Crippen LogP contribution in [-0.2, 0) is 11.0 Å². The third kappa shape index (κ3) is 6.31. The van der Waals surface area contributed by atoms with Gasteiger partial charge in [0, 0.05) is 48.8 Å². The number of halogens is 1. The van der Waals surface area contributed by atoms with Crippen molar-refractivity contribution in [2.24, 2.45) is 5.41 Å². The van der Waals surface area contributed by atoms with Crippen molar-refractivity contribution in [1.82, 2.24) is 28.5 Å². The zero-order valence-corrected chi connectivity index (χ0v) is 29.7. The van der Waals surface area contributed by atoms with Crippen LogP contribution in [0, 0.1) is 5.41 Å². The van der Waals surface area contributed by atoms with Crippen LogP contribution in [0.5, 0.6) is 5.88 Å². The SMILES string of the molecule is CC(C)(C)[S@](=O)N[C@@H]1CCCC12CCN(c1ncc(Sc3cccc(NC(=O)c4c(O)nc5ccccn5c4=O)c3Cl)c3nccn13)CC2. The van der Waals surface area contributed by atoms with Gasteiger partial charge in [-0.05, 0) is 76.1 Å². The monoisotopic (exact) mass is 720 g/mol. The first-order chi connectivity index (χ1) is 23.4. The summed E-state index contributed by atoms with van der Waals surface area (Å²) in [4.78, 5) is 43.4. The average Bonchev–Trinajstić information content (AvgIpc) is 3.71. The van der Waals surface area contributed by atoms with E-state index in [1.807, 2.05) is 37.4 Å². The lowest BCUT2D eigenvalue weighted by molar-refractivity contribution is 0.102. The van der Waals surface area contributed by atoms with E-state index in [4.69, 9.17) is 16.6 Å². The van der Waals surface area contributed by atoms with E-state index >= 15 is 0 Å². The molecule has 5 heterocycles. The molecule has 0 unspecified atom stereocenters. The summed E-state index contributed by atoms with van der Waals surface area (Å²) in [5.41, 5.74) is 0.163. The number of benzene rings is 1. The van der Waals surface area contributed by atoms with Gasteiger partial charge in [0.25, 0.3) is 11.5 Å². The van der Waals surface area contributed by atoms with Gasteiger partial charge in [-0.2, -0.15) is 4.98 Å². The molecular weight excluding hydrogens is 684 g/mol. The van der Waals surface area contributed by atoms with Crippen LogP contribution < -0.4 is 20.5 Å². The lowest BCUT2D eigenvalue weighted by atomic mass is 9.74. The van der Waals surface area contributed by atoms with Gasteiger partial charge in [-0.1, -0.05) is 41.9 Å². The molecule has 12 nitrogen and oxygen atoms in total. The van der Waals surface area contributed by atoms with E-state index in [9.17, 15) is 18.9 Å². The van der Waals surface area contributed by atoms with Crippen LogP contribution in [0.15, 0.2) is 75.8 Å². The first-order valence-electron chi connectivity index (χ1n) is 16.2. The van der Waals surface area contributed by atoms with Crippen LogP contribution >= 0.6 is 23.4 Å². The van der Waals surface area contributed by atoms with Gasteiger partial charge in [0.2, 0.25) is 11.8 Å². The third-order valence-electron chi connectivity index (χ3n) is 9.50. The Morgan fingerprint density at radius 1 is 1.06 bits per heavy atom. The van der Waals surface area contributed by atoms with Crippen molar-refractivity contribution in [2.45, 2.75) is 73.5 Å². The number of aromatic hydroxyl groups is 1. The Morgan fingerprint density at radius 3 is 2.63 bits per heavy atom. The van der Waals surface area contributed by atoms with E-state index in [1.165, 1.54) is 22.4 Å². The average molecular weight is 721 g/mol. The number of amides is 1. The van der Waals surface area contributed by atoms with Gasteiger partial charge < -0.3 is 15.3 Å². The van der Waals surface area contributed by atoms with Gasteiger partial charge in [0.05, 0.1) is 31.3 Å². The minimum Gasteiger partial charge on any atom is -0.493 e. The molecular formula is C34H37ClN8O4S2. The van der Waals surface area contributed by atoms with Gasteiger partial charge in [0.1, 0.15) is 5.65 Å². The number of fused-ring (bicyclic) bond motifs is 2. The number of carbonyl (C=O) groups excluding carboxylic acids is 1. The maximum absolute atomic E-state index is 13.2. The van der Waals surface area contributed by atoms with Crippen LogP contribution in [0.4, 0.5) is 11.6 Å². The molecule has 0 bridgehead atoms. The molecule has 1 saturated heterocycles. The van der Waals surface area contributed by atoms with Crippen LogP contribution in [0.3, 0.4) is 0 Å². The molecule has 15 heteroatoms. The molecule has 2 aliphatic rings. The van der Waals surface area contributed by atoms with Gasteiger partial charge in [0.15, 0.2) is 11.2 Å². The maximum atomic E-state index is 13.2. The fourth-order valence-electron chi connectivity index (χ4n) is 6.83. The van der Waals surface area contributed by atoms with Crippen LogP contribution in [0.25, 0.3) is 11.3 Å². The maximum Gasteiger partial charge on any atom is 0.274 e. The van der Waals surface area contributed by atoms with E-state index in [2.05, 4.69) is 24.9 Å². The summed E-state index contributed by atoms with van der Waals surface area (Å²) in [7, 11) is -1.10. The molecule has 5 aromatic rings. The number of piperidine rings is 1. The molecule has 1 aromatic carbocycles. The zero-order valence-electron chi connectivity index (χ0n) is 27.4. The van der Waals surface area contributed by atoms with Gasteiger partial charge >= 0.3 is 0 Å². The first kappa shape index (κ1) is 33.5. The lowest BCUT2D eigenvalue weighted by Crippen LogP contribution is -2.51. The Balaban J connectivity index is 1.08. The van der Waals surface area contributed by atoms with Crippen molar-refractivity contribution in [2.75, 3.05) is 23.3 Å². The number of carbonyl (C=O) groups is 1. The Kier molecular flexibility index (Phi) is 8.92. The van der Waals surface area contributed by atoms with Crippen LogP contribution in [0.1, 0.15) is 63.2 Å². The molecule has 2 fully saturated rings. The van der Waals surface area contributed by atoms with Gasteiger partial charge in [-0.3, -0.25) is 18.4 Å². The summed E-state index contributed by atoms with van der Waals surface area (Å²) >= 11 is 8.15. The van der Waals surface area contributed by atoms with E-state index in [0.29, 0.717) is 4.90 Å². The topological polar surface area (TPSA) is 146 Å². The molecule has 1 aliphatic heterocycles. The summed E-state index contributed by atoms with van der Waals surface area (Å²) in [5, 5.41) is 13.3. The van der Waals surface area contributed by atoms with Crippen molar-refractivity contribution in [1.29, 1.82) is 0 Å². The normalized spacial score (nSPS) is 18.4. The van der Waals surface area contributed by atoms with Crippen molar-refractivity contribution < 1.29 is 14.1 Å². The highest BCUT2D eigenvalue weighted by molar-refractivity contribution is 7.99. The highest BCUT2D eigenvalue weighted by Crippen LogP contribution is 2.47. The second-order valence-electron chi connectivity index (χ2n) is 13.6. The quantitative estimate of drug-likeness (QED) is 0.193. The summed E-state index contributed by atoms with van der Waals surface area (Å²) in [5.74, 6) is -0.678. The summed E-state index contributed by atoms with van der Waals surface area (Å²) in [6, 6.07) is 10.3. The number of nitrogens with zero attached hydrogens (tertiary/aromatic N) is 6. The minimum atomic E-state index is -1.10.